The highest BCUT2D eigenvalue weighted by atomic mass is 16.1. The average molecular weight is 265 g/mol. The van der Waals surface area contributed by atoms with Crippen molar-refractivity contribution in [3.05, 3.63) is 59.5 Å². The Hall–Kier alpha value is -2.49. The molecule has 2 aromatic heterocycles. The lowest BCUT2D eigenvalue weighted by Crippen LogP contribution is -2.08. The van der Waals surface area contributed by atoms with E-state index in [-0.39, 0.29) is 5.78 Å². The summed E-state index contributed by atoms with van der Waals surface area (Å²) in [5, 5.41) is 5.21. The third-order valence-electron chi connectivity index (χ3n) is 3.42. The molecule has 0 aliphatic rings. The number of benzene rings is 1. The van der Waals surface area contributed by atoms with Gasteiger partial charge in [0, 0.05) is 24.2 Å². The summed E-state index contributed by atoms with van der Waals surface area (Å²) in [4.78, 5) is 17.0. The lowest BCUT2D eigenvalue weighted by Gasteiger charge is -2.05. The van der Waals surface area contributed by atoms with Gasteiger partial charge in [0.25, 0.3) is 0 Å². The molecule has 0 spiro atoms. The number of hydrogen-bond donors (Lipinski definition) is 0. The first-order valence-electron chi connectivity index (χ1n) is 6.62. The van der Waals surface area contributed by atoms with E-state index in [9.17, 15) is 4.79 Å². The number of rotatable bonds is 3. The monoisotopic (exact) mass is 265 g/mol. The van der Waals surface area contributed by atoms with Gasteiger partial charge in [0.1, 0.15) is 5.69 Å². The number of aryl methyl sites for hydroxylation is 2. The molecule has 0 bridgehead atoms. The number of ketones is 1. The summed E-state index contributed by atoms with van der Waals surface area (Å²) in [5.41, 5.74) is 3.03. The molecule has 0 atom stereocenters. The summed E-state index contributed by atoms with van der Waals surface area (Å²) in [6.07, 6.45) is 2.55. The molecule has 3 rings (SSSR count). The lowest BCUT2D eigenvalue weighted by molar-refractivity contribution is 0.103. The molecule has 0 aliphatic heterocycles. The van der Waals surface area contributed by atoms with Crippen LogP contribution in [0.15, 0.2) is 42.6 Å². The van der Waals surface area contributed by atoms with Crippen LogP contribution in [0.25, 0.3) is 10.9 Å². The van der Waals surface area contributed by atoms with Gasteiger partial charge in [0.2, 0.25) is 5.78 Å². The molecule has 0 saturated carbocycles. The second kappa shape index (κ2) is 4.89. The van der Waals surface area contributed by atoms with Crippen molar-refractivity contribution in [3.63, 3.8) is 0 Å². The Morgan fingerprint density at radius 2 is 2.10 bits per heavy atom. The number of carbonyl (C=O) groups is 1. The Morgan fingerprint density at radius 1 is 1.25 bits per heavy atom. The van der Waals surface area contributed by atoms with Crippen LogP contribution in [0.4, 0.5) is 0 Å². The van der Waals surface area contributed by atoms with Crippen LogP contribution in [0.3, 0.4) is 0 Å². The SMILES string of the molecule is CCc1cc(C(=O)c2cccc3ncccc23)n(C)n1. The van der Waals surface area contributed by atoms with Gasteiger partial charge in [-0.15, -0.1) is 0 Å². The smallest absolute Gasteiger partial charge is 0.211 e. The van der Waals surface area contributed by atoms with Gasteiger partial charge >= 0.3 is 0 Å². The largest absolute Gasteiger partial charge is 0.287 e. The maximum absolute atomic E-state index is 12.7. The predicted molar refractivity (Wildman–Crippen MR) is 77.8 cm³/mol. The fourth-order valence-corrected chi connectivity index (χ4v) is 2.35. The maximum Gasteiger partial charge on any atom is 0.211 e. The molecule has 2 heterocycles. The number of pyridine rings is 1. The molecule has 0 unspecified atom stereocenters. The topological polar surface area (TPSA) is 47.8 Å². The van der Waals surface area contributed by atoms with E-state index < -0.39 is 0 Å². The van der Waals surface area contributed by atoms with Crippen LogP contribution >= 0.6 is 0 Å². The van der Waals surface area contributed by atoms with Crippen LogP contribution < -0.4 is 0 Å². The molecule has 4 nitrogen and oxygen atoms in total. The van der Waals surface area contributed by atoms with Gasteiger partial charge < -0.3 is 0 Å². The molecule has 0 aliphatic carbocycles. The molecular weight excluding hydrogens is 250 g/mol. The van der Waals surface area contributed by atoms with Gasteiger partial charge in [0.15, 0.2) is 0 Å². The summed E-state index contributed by atoms with van der Waals surface area (Å²) in [7, 11) is 1.80. The number of aromatic nitrogens is 3. The van der Waals surface area contributed by atoms with Crippen LogP contribution in [0.2, 0.25) is 0 Å². The second-order valence-corrected chi connectivity index (χ2v) is 4.70. The minimum absolute atomic E-state index is 0.0155. The van der Waals surface area contributed by atoms with E-state index in [0.717, 1.165) is 23.0 Å². The summed E-state index contributed by atoms with van der Waals surface area (Å²) in [6, 6.07) is 11.2. The molecule has 3 aromatic rings. The van der Waals surface area contributed by atoms with Crippen molar-refractivity contribution in [2.45, 2.75) is 13.3 Å². The van der Waals surface area contributed by atoms with Gasteiger partial charge in [-0.25, -0.2) is 0 Å². The Labute approximate surface area is 117 Å². The Morgan fingerprint density at radius 3 is 2.85 bits per heavy atom. The first kappa shape index (κ1) is 12.5. The Balaban J connectivity index is 2.15. The molecule has 0 fully saturated rings. The second-order valence-electron chi connectivity index (χ2n) is 4.70. The van der Waals surface area contributed by atoms with Gasteiger partial charge in [-0.2, -0.15) is 5.10 Å². The standard InChI is InChI=1S/C16H15N3O/c1-3-11-10-15(19(2)18-11)16(20)13-6-4-8-14-12(13)7-5-9-17-14/h4-10H,3H2,1-2H3. The molecule has 1 aromatic carbocycles. The summed E-state index contributed by atoms with van der Waals surface area (Å²) >= 11 is 0. The summed E-state index contributed by atoms with van der Waals surface area (Å²) in [6.45, 7) is 2.03. The van der Waals surface area contributed by atoms with E-state index in [1.54, 1.807) is 17.9 Å². The molecular formula is C16H15N3O. The minimum atomic E-state index is -0.0155. The van der Waals surface area contributed by atoms with E-state index in [1.807, 2.05) is 43.3 Å². The van der Waals surface area contributed by atoms with E-state index in [4.69, 9.17) is 0 Å². The number of hydrogen-bond acceptors (Lipinski definition) is 3. The fourth-order valence-electron chi connectivity index (χ4n) is 2.35. The molecule has 0 N–H and O–H groups in total. The third-order valence-corrected chi connectivity index (χ3v) is 3.42. The van der Waals surface area contributed by atoms with Crippen LogP contribution in [0, 0.1) is 0 Å². The Bertz CT molecular complexity index is 784. The Kier molecular flexibility index (Phi) is 3.06. The van der Waals surface area contributed by atoms with E-state index >= 15 is 0 Å². The van der Waals surface area contributed by atoms with E-state index in [1.165, 1.54) is 0 Å². The van der Waals surface area contributed by atoms with Crippen molar-refractivity contribution < 1.29 is 4.79 Å². The molecule has 0 amide bonds. The molecule has 100 valence electrons. The maximum atomic E-state index is 12.7. The van der Waals surface area contributed by atoms with Crippen LogP contribution in [0.1, 0.15) is 28.7 Å². The van der Waals surface area contributed by atoms with Crippen molar-refractivity contribution in [1.29, 1.82) is 0 Å². The minimum Gasteiger partial charge on any atom is -0.287 e. The van der Waals surface area contributed by atoms with Crippen molar-refractivity contribution >= 4 is 16.7 Å². The van der Waals surface area contributed by atoms with Gasteiger partial charge in [-0.3, -0.25) is 14.5 Å². The van der Waals surface area contributed by atoms with E-state index in [0.29, 0.717) is 11.3 Å². The quantitative estimate of drug-likeness (QED) is 0.684. The first-order valence-corrected chi connectivity index (χ1v) is 6.62. The zero-order chi connectivity index (χ0) is 14.1. The fraction of sp³-hybridized carbons (Fsp3) is 0.188. The highest BCUT2D eigenvalue weighted by Crippen LogP contribution is 2.20. The predicted octanol–water partition coefficient (Wildman–Crippen LogP) is 2.76. The van der Waals surface area contributed by atoms with Crippen LogP contribution in [0.5, 0.6) is 0 Å². The van der Waals surface area contributed by atoms with Gasteiger partial charge in [-0.1, -0.05) is 25.1 Å². The van der Waals surface area contributed by atoms with Crippen molar-refractivity contribution in [3.8, 4) is 0 Å². The number of carbonyl (C=O) groups excluding carboxylic acids is 1. The number of fused-ring (bicyclic) bond motifs is 1. The normalized spacial score (nSPS) is 10.9. The third kappa shape index (κ3) is 1.99. The van der Waals surface area contributed by atoms with Crippen molar-refractivity contribution in [2.75, 3.05) is 0 Å². The first-order chi connectivity index (χ1) is 9.70. The van der Waals surface area contributed by atoms with E-state index in [2.05, 4.69) is 10.1 Å². The number of nitrogens with zero attached hydrogens (tertiary/aromatic N) is 3. The summed E-state index contributed by atoms with van der Waals surface area (Å²) in [5.74, 6) is -0.0155. The van der Waals surface area contributed by atoms with Crippen LogP contribution in [-0.4, -0.2) is 20.5 Å². The highest BCUT2D eigenvalue weighted by Gasteiger charge is 2.17. The molecule has 4 heteroatoms. The average Bonchev–Trinajstić information content (AvgIpc) is 2.87. The van der Waals surface area contributed by atoms with Gasteiger partial charge in [0.05, 0.1) is 11.2 Å². The molecule has 20 heavy (non-hydrogen) atoms. The zero-order valence-electron chi connectivity index (χ0n) is 11.5. The van der Waals surface area contributed by atoms with Gasteiger partial charge in [-0.05, 0) is 24.6 Å². The van der Waals surface area contributed by atoms with Crippen molar-refractivity contribution in [2.24, 2.45) is 7.05 Å². The van der Waals surface area contributed by atoms with Crippen LogP contribution in [-0.2, 0) is 13.5 Å². The lowest BCUT2D eigenvalue weighted by atomic mass is 10.0. The highest BCUT2D eigenvalue weighted by molar-refractivity contribution is 6.15. The zero-order valence-corrected chi connectivity index (χ0v) is 11.5. The van der Waals surface area contributed by atoms with Crippen molar-refractivity contribution in [1.82, 2.24) is 14.8 Å². The molecule has 0 saturated heterocycles. The summed E-state index contributed by atoms with van der Waals surface area (Å²) < 4.78 is 1.65. The molecule has 0 radical (unpaired) electrons.